The third-order valence-electron chi connectivity index (χ3n) is 4.94. The minimum absolute atomic E-state index is 0.0238. The molecule has 0 radical (unpaired) electrons. The Balaban J connectivity index is 3.02. The van der Waals surface area contributed by atoms with E-state index in [1.807, 2.05) is 0 Å². The molecule has 0 atom stereocenters. The van der Waals surface area contributed by atoms with Crippen molar-refractivity contribution in [3.05, 3.63) is 46.5 Å². The van der Waals surface area contributed by atoms with Gasteiger partial charge in [-0.1, -0.05) is 89.5 Å². The highest BCUT2D eigenvalue weighted by Gasteiger charge is 2.23. The van der Waals surface area contributed by atoms with Gasteiger partial charge in [0, 0.05) is 22.0 Å². The van der Waals surface area contributed by atoms with Crippen molar-refractivity contribution in [1.29, 1.82) is 0 Å². The number of benzene rings is 2. The van der Waals surface area contributed by atoms with Crippen molar-refractivity contribution in [3.8, 4) is 23.7 Å². The summed E-state index contributed by atoms with van der Waals surface area (Å²) in [5.41, 5.74) is 4.85. The number of hydrogen-bond acceptors (Lipinski definition) is 0. The van der Waals surface area contributed by atoms with Gasteiger partial charge >= 0.3 is 0 Å². The molecule has 160 valence electrons. The Kier molecular flexibility index (Phi) is 6.28. The van der Waals surface area contributed by atoms with Crippen molar-refractivity contribution in [1.82, 2.24) is 0 Å². The molecule has 0 saturated carbocycles. The molecule has 0 bridgehead atoms. The van der Waals surface area contributed by atoms with Gasteiger partial charge in [-0.15, -0.1) is 0 Å². The van der Waals surface area contributed by atoms with Crippen LogP contribution in [-0.2, 0) is 10.8 Å². The summed E-state index contributed by atoms with van der Waals surface area (Å²) in [4.78, 5) is 0. The van der Waals surface area contributed by atoms with E-state index in [9.17, 15) is 0 Å². The summed E-state index contributed by atoms with van der Waals surface area (Å²) in [5.74, 6) is 14.1. The van der Waals surface area contributed by atoms with Crippen LogP contribution < -0.4 is 0 Å². The summed E-state index contributed by atoms with van der Waals surface area (Å²) < 4.78 is 0. The second kappa shape index (κ2) is 7.82. The maximum atomic E-state index is 3.56. The van der Waals surface area contributed by atoms with E-state index < -0.39 is 0 Å². The van der Waals surface area contributed by atoms with E-state index in [0.29, 0.717) is 0 Å². The van der Waals surface area contributed by atoms with E-state index in [2.05, 4.69) is 131 Å². The molecule has 0 aliphatic carbocycles. The second-order valence-corrected chi connectivity index (χ2v) is 12.6. The van der Waals surface area contributed by atoms with Gasteiger partial charge in [-0.05, 0) is 74.3 Å². The van der Waals surface area contributed by atoms with Crippen molar-refractivity contribution in [2.24, 2.45) is 10.8 Å². The summed E-state index contributed by atoms with van der Waals surface area (Å²) in [6.45, 7) is 26.6. The van der Waals surface area contributed by atoms with Gasteiger partial charge in [0.2, 0.25) is 0 Å². The maximum absolute atomic E-state index is 3.56. The molecule has 0 nitrogen and oxygen atoms in total. The Morgan fingerprint density at radius 2 is 0.767 bits per heavy atom. The Labute approximate surface area is 185 Å². The first-order chi connectivity index (χ1) is 13.4. The van der Waals surface area contributed by atoms with Crippen molar-refractivity contribution < 1.29 is 0 Å². The molecule has 0 aromatic heterocycles. The van der Waals surface area contributed by atoms with Gasteiger partial charge in [0.15, 0.2) is 0 Å². The smallest absolute Gasteiger partial charge is 0.0361 e. The topological polar surface area (TPSA) is 0 Å². The SMILES string of the molecule is CC(C)(C)C#Cc1c(C(C)(C)C)ccc2c(C#CC(C)(C)C)c(C(C)(C)C)ccc12. The van der Waals surface area contributed by atoms with Crippen LogP contribution in [0.2, 0.25) is 0 Å². The number of rotatable bonds is 0. The highest BCUT2D eigenvalue weighted by molar-refractivity contribution is 5.95. The Morgan fingerprint density at radius 1 is 0.467 bits per heavy atom. The zero-order valence-electron chi connectivity index (χ0n) is 21.3. The molecule has 2 rings (SSSR count). The lowest BCUT2D eigenvalue weighted by molar-refractivity contribution is 0.569. The van der Waals surface area contributed by atoms with Crippen LogP contribution in [0.4, 0.5) is 0 Å². The maximum Gasteiger partial charge on any atom is 0.0361 e. The van der Waals surface area contributed by atoms with Gasteiger partial charge in [-0.2, -0.15) is 0 Å². The van der Waals surface area contributed by atoms with Gasteiger partial charge in [-0.3, -0.25) is 0 Å². The predicted octanol–water partition coefficient (Wildman–Crippen LogP) is 8.23. The lowest BCUT2D eigenvalue weighted by atomic mass is 9.78. The molecule has 0 aliphatic rings. The van der Waals surface area contributed by atoms with E-state index in [4.69, 9.17) is 0 Å². The molecule has 0 heterocycles. The largest absolute Gasteiger partial charge is 0.0919 e. The lowest BCUT2D eigenvalue weighted by Crippen LogP contribution is -2.16. The minimum atomic E-state index is -0.0441. The molecule has 0 saturated heterocycles. The van der Waals surface area contributed by atoms with E-state index in [-0.39, 0.29) is 21.7 Å². The Bertz CT molecular complexity index is 969. The van der Waals surface area contributed by atoms with Crippen molar-refractivity contribution in [2.75, 3.05) is 0 Å². The Morgan fingerprint density at radius 3 is 1.00 bits per heavy atom. The van der Waals surface area contributed by atoms with Crippen LogP contribution in [0.15, 0.2) is 24.3 Å². The quantitative estimate of drug-likeness (QED) is 0.391. The zero-order valence-corrected chi connectivity index (χ0v) is 21.3. The highest BCUT2D eigenvalue weighted by Crippen LogP contribution is 2.36. The molecule has 0 amide bonds. The third kappa shape index (κ3) is 5.92. The summed E-state index contributed by atoms with van der Waals surface area (Å²) in [6, 6.07) is 9.06. The molecule has 0 fully saturated rings. The molecule has 2 aromatic carbocycles. The summed E-state index contributed by atoms with van der Waals surface area (Å²) in [7, 11) is 0. The average Bonchev–Trinajstić information content (AvgIpc) is 2.53. The summed E-state index contributed by atoms with van der Waals surface area (Å²) >= 11 is 0. The van der Waals surface area contributed by atoms with Crippen LogP contribution in [0.5, 0.6) is 0 Å². The lowest BCUT2D eigenvalue weighted by Gasteiger charge is -2.25. The molecular weight excluding hydrogens is 360 g/mol. The molecule has 0 spiro atoms. The highest BCUT2D eigenvalue weighted by atomic mass is 14.3. The van der Waals surface area contributed by atoms with Crippen LogP contribution >= 0.6 is 0 Å². The first-order valence-electron chi connectivity index (χ1n) is 11.1. The molecule has 2 aromatic rings. The van der Waals surface area contributed by atoms with Crippen LogP contribution in [-0.4, -0.2) is 0 Å². The normalized spacial score (nSPS) is 12.8. The minimum Gasteiger partial charge on any atom is -0.0919 e. The molecule has 0 N–H and O–H groups in total. The zero-order chi connectivity index (χ0) is 23.1. The average molecular weight is 401 g/mol. The molecule has 0 aliphatic heterocycles. The monoisotopic (exact) mass is 400 g/mol. The van der Waals surface area contributed by atoms with Crippen molar-refractivity contribution in [3.63, 3.8) is 0 Å². The van der Waals surface area contributed by atoms with Crippen LogP contribution in [0, 0.1) is 34.5 Å². The van der Waals surface area contributed by atoms with E-state index in [1.165, 1.54) is 21.9 Å². The number of fused-ring (bicyclic) bond motifs is 1. The van der Waals surface area contributed by atoms with Crippen molar-refractivity contribution >= 4 is 10.8 Å². The first kappa shape index (κ1) is 24.1. The summed E-state index contributed by atoms with van der Waals surface area (Å²) in [6.07, 6.45) is 0. The van der Waals surface area contributed by atoms with E-state index in [0.717, 1.165) is 11.1 Å². The second-order valence-electron chi connectivity index (χ2n) is 12.6. The van der Waals surface area contributed by atoms with Gasteiger partial charge < -0.3 is 0 Å². The van der Waals surface area contributed by atoms with Gasteiger partial charge in [0.1, 0.15) is 0 Å². The van der Waals surface area contributed by atoms with E-state index in [1.54, 1.807) is 0 Å². The van der Waals surface area contributed by atoms with Crippen LogP contribution in [0.3, 0.4) is 0 Å². The van der Waals surface area contributed by atoms with Gasteiger partial charge in [-0.25, -0.2) is 0 Å². The van der Waals surface area contributed by atoms with Gasteiger partial charge in [0.25, 0.3) is 0 Å². The molecular formula is C30H40. The first-order valence-corrected chi connectivity index (χ1v) is 11.1. The Hall–Kier alpha value is -2.18. The fourth-order valence-corrected chi connectivity index (χ4v) is 3.43. The third-order valence-corrected chi connectivity index (χ3v) is 4.94. The van der Waals surface area contributed by atoms with Gasteiger partial charge in [0.05, 0.1) is 0 Å². The van der Waals surface area contributed by atoms with E-state index >= 15 is 0 Å². The predicted molar refractivity (Wildman–Crippen MR) is 134 cm³/mol. The fourth-order valence-electron chi connectivity index (χ4n) is 3.43. The summed E-state index contributed by atoms with van der Waals surface area (Å²) in [5, 5.41) is 2.43. The standard InChI is InChI=1S/C30H40/c1-27(2,3)19-17-23-21-13-16-26(30(10,11)12)24(18-20-28(4,5)6)22(21)14-15-25(23)29(7,8)9/h13-16H,1-12H3. The molecule has 0 heteroatoms. The van der Waals surface area contributed by atoms with Crippen LogP contribution in [0.25, 0.3) is 10.8 Å². The fraction of sp³-hybridized carbons (Fsp3) is 0.533. The van der Waals surface area contributed by atoms with Crippen LogP contribution in [0.1, 0.15) is 105 Å². The molecule has 0 unspecified atom stereocenters. The number of hydrogen-bond donors (Lipinski definition) is 0. The van der Waals surface area contributed by atoms with Crippen molar-refractivity contribution in [2.45, 2.75) is 93.9 Å². The molecule has 30 heavy (non-hydrogen) atoms.